The zero-order valence-corrected chi connectivity index (χ0v) is 9.92. The predicted octanol–water partition coefficient (Wildman–Crippen LogP) is 3.03. The molecular formula is C13H19NO. The molecule has 0 saturated carbocycles. The van der Waals surface area contributed by atoms with Gasteiger partial charge in [-0.3, -0.25) is 0 Å². The van der Waals surface area contributed by atoms with E-state index in [4.69, 9.17) is 4.74 Å². The third-order valence-electron chi connectivity index (χ3n) is 3.77. The van der Waals surface area contributed by atoms with Crippen molar-refractivity contribution in [3.63, 3.8) is 0 Å². The Morgan fingerprint density at radius 3 is 2.73 bits per heavy atom. The van der Waals surface area contributed by atoms with E-state index >= 15 is 0 Å². The maximum absolute atomic E-state index is 5.37. The van der Waals surface area contributed by atoms with Gasteiger partial charge in [-0.1, -0.05) is 32.9 Å². The maximum atomic E-state index is 5.37. The number of hydrogen-bond donors (Lipinski definition) is 1. The second-order valence-electron chi connectivity index (χ2n) is 4.81. The van der Waals surface area contributed by atoms with E-state index in [-0.39, 0.29) is 5.41 Å². The summed E-state index contributed by atoms with van der Waals surface area (Å²) >= 11 is 0. The van der Waals surface area contributed by atoms with Crippen LogP contribution >= 0.6 is 0 Å². The van der Waals surface area contributed by atoms with Crippen LogP contribution in [0.4, 0.5) is 5.69 Å². The summed E-state index contributed by atoms with van der Waals surface area (Å²) in [7, 11) is 1.72. The molecule has 15 heavy (non-hydrogen) atoms. The normalized spacial score (nSPS) is 23.8. The lowest BCUT2D eigenvalue weighted by molar-refractivity contribution is 0.371. The highest BCUT2D eigenvalue weighted by Crippen LogP contribution is 2.45. The molecule has 2 heteroatoms. The molecule has 0 aromatic heterocycles. The van der Waals surface area contributed by atoms with Gasteiger partial charge in [-0.2, -0.15) is 0 Å². The van der Waals surface area contributed by atoms with Crippen LogP contribution < -0.4 is 10.1 Å². The van der Waals surface area contributed by atoms with Crippen LogP contribution in [-0.4, -0.2) is 13.7 Å². The van der Waals surface area contributed by atoms with Crippen LogP contribution in [0.5, 0.6) is 5.75 Å². The van der Waals surface area contributed by atoms with Crippen molar-refractivity contribution >= 4 is 5.69 Å². The Kier molecular flexibility index (Phi) is 2.37. The molecule has 0 spiro atoms. The van der Waals surface area contributed by atoms with Gasteiger partial charge in [0, 0.05) is 12.0 Å². The number of hydrogen-bond acceptors (Lipinski definition) is 2. The highest BCUT2D eigenvalue weighted by atomic mass is 16.5. The van der Waals surface area contributed by atoms with Gasteiger partial charge < -0.3 is 10.1 Å². The molecule has 0 amide bonds. The second kappa shape index (κ2) is 3.44. The van der Waals surface area contributed by atoms with Crippen LogP contribution in [0.1, 0.15) is 26.3 Å². The molecule has 1 aliphatic rings. The number of anilines is 1. The van der Waals surface area contributed by atoms with Gasteiger partial charge in [0.25, 0.3) is 0 Å². The van der Waals surface area contributed by atoms with E-state index in [9.17, 15) is 0 Å². The third-order valence-corrected chi connectivity index (χ3v) is 3.77. The molecule has 82 valence electrons. The van der Waals surface area contributed by atoms with E-state index in [0.717, 1.165) is 12.3 Å². The van der Waals surface area contributed by atoms with Gasteiger partial charge in [0.1, 0.15) is 5.75 Å². The van der Waals surface area contributed by atoms with Gasteiger partial charge >= 0.3 is 0 Å². The Hall–Kier alpha value is -1.18. The van der Waals surface area contributed by atoms with Crippen LogP contribution in [0.3, 0.4) is 0 Å². The first-order valence-electron chi connectivity index (χ1n) is 5.51. The van der Waals surface area contributed by atoms with Crippen molar-refractivity contribution in [3.8, 4) is 5.75 Å². The lowest BCUT2D eigenvalue weighted by atomic mass is 9.75. The van der Waals surface area contributed by atoms with Gasteiger partial charge in [-0.25, -0.2) is 0 Å². The van der Waals surface area contributed by atoms with Crippen molar-refractivity contribution in [2.24, 2.45) is 5.92 Å². The van der Waals surface area contributed by atoms with Crippen molar-refractivity contribution in [1.82, 2.24) is 0 Å². The maximum Gasteiger partial charge on any atom is 0.142 e. The highest BCUT2D eigenvalue weighted by molar-refractivity contribution is 5.68. The van der Waals surface area contributed by atoms with E-state index in [0.29, 0.717) is 5.92 Å². The number of rotatable bonds is 2. The van der Waals surface area contributed by atoms with E-state index in [2.05, 4.69) is 38.2 Å². The standard InChI is InChI=1S/C13H19NO/c1-9(2)13(3)8-14-12-10(13)6-5-7-11(12)15-4/h5-7,9,14H,8H2,1-4H3. The molecule has 0 bridgehead atoms. The Bertz CT molecular complexity index is 373. The van der Waals surface area contributed by atoms with E-state index in [1.807, 2.05) is 6.07 Å². The summed E-state index contributed by atoms with van der Waals surface area (Å²) in [5, 5.41) is 3.47. The summed E-state index contributed by atoms with van der Waals surface area (Å²) in [5.41, 5.74) is 2.79. The molecule has 1 heterocycles. The molecule has 1 aliphatic heterocycles. The number of nitrogens with one attached hydrogen (secondary N) is 1. The van der Waals surface area contributed by atoms with Crippen molar-refractivity contribution in [2.75, 3.05) is 19.0 Å². The largest absolute Gasteiger partial charge is 0.495 e. The van der Waals surface area contributed by atoms with E-state index in [1.54, 1.807) is 7.11 Å². The van der Waals surface area contributed by atoms with Crippen molar-refractivity contribution in [2.45, 2.75) is 26.2 Å². The Morgan fingerprint density at radius 1 is 1.40 bits per heavy atom. The molecular weight excluding hydrogens is 186 g/mol. The predicted molar refractivity (Wildman–Crippen MR) is 63.7 cm³/mol. The minimum Gasteiger partial charge on any atom is -0.495 e. The van der Waals surface area contributed by atoms with Crippen molar-refractivity contribution in [1.29, 1.82) is 0 Å². The minimum absolute atomic E-state index is 0.226. The highest BCUT2D eigenvalue weighted by Gasteiger charge is 2.38. The quantitative estimate of drug-likeness (QED) is 0.801. The molecule has 1 aromatic rings. The molecule has 1 unspecified atom stereocenters. The van der Waals surface area contributed by atoms with Crippen LogP contribution in [-0.2, 0) is 5.41 Å². The molecule has 1 atom stereocenters. The van der Waals surface area contributed by atoms with Crippen LogP contribution in [0.25, 0.3) is 0 Å². The molecule has 2 nitrogen and oxygen atoms in total. The fraction of sp³-hybridized carbons (Fsp3) is 0.538. The summed E-state index contributed by atoms with van der Waals surface area (Å²) in [6.45, 7) is 7.86. The average molecular weight is 205 g/mol. The fourth-order valence-corrected chi connectivity index (χ4v) is 2.24. The first-order chi connectivity index (χ1) is 7.09. The molecule has 0 aliphatic carbocycles. The van der Waals surface area contributed by atoms with E-state index < -0.39 is 0 Å². The molecule has 1 N–H and O–H groups in total. The number of ether oxygens (including phenoxy) is 1. The number of benzene rings is 1. The summed E-state index contributed by atoms with van der Waals surface area (Å²) in [5.74, 6) is 1.58. The van der Waals surface area contributed by atoms with Gasteiger partial charge in [0.15, 0.2) is 0 Å². The number of para-hydroxylation sites is 1. The van der Waals surface area contributed by atoms with Gasteiger partial charge in [0.2, 0.25) is 0 Å². The zero-order chi connectivity index (χ0) is 11.1. The average Bonchev–Trinajstić information content (AvgIpc) is 2.58. The molecule has 2 rings (SSSR count). The van der Waals surface area contributed by atoms with Crippen LogP contribution in [0, 0.1) is 5.92 Å². The summed E-state index contributed by atoms with van der Waals surface area (Å²) in [4.78, 5) is 0. The molecule has 0 saturated heterocycles. The molecule has 1 aromatic carbocycles. The fourth-order valence-electron chi connectivity index (χ4n) is 2.24. The third kappa shape index (κ3) is 1.39. The van der Waals surface area contributed by atoms with Gasteiger partial charge in [-0.15, -0.1) is 0 Å². The summed E-state index contributed by atoms with van der Waals surface area (Å²) in [6.07, 6.45) is 0. The topological polar surface area (TPSA) is 21.3 Å². The first kappa shape index (κ1) is 10.3. The van der Waals surface area contributed by atoms with Crippen LogP contribution in [0.15, 0.2) is 18.2 Å². The SMILES string of the molecule is COc1cccc2c1NCC2(C)C(C)C. The van der Waals surface area contributed by atoms with Gasteiger partial charge in [0.05, 0.1) is 12.8 Å². The van der Waals surface area contributed by atoms with Crippen molar-refractivity contribution in [3.05, 3.63) is 23.8 Å². The Balaban J connectivity index is 2.52. The Morgan fingerprint density at radius 2 is 2.13 bits per heavy atom. The molecule has 0 radical (unpaired) electrons. The second-order valence-corrected chi connectivity index (χ2v) is 4.81. The first-order valence-corrected chi connectivity index (χ1v) is 5.51. The monoisotopic (exact) mass is 205 g/mol. The smallest absolute Gasteiger partial charge is 0.142 e. The van der Waals surface area contributed by atoms with Crippen LogP contribution in [0.2, 0.25) is 0 Å². The van der Waals surface area contributed by atoms with Gasteiger partial charge in [-0.05, 0) is 17.5 Å². The Labute approximate surface area is 91.6 Å². The minimum atomic E-state index is 0.226. The van der Waals surface area contributed by atoms with Crippen molar-refractivity contribution < 1.29 is 4.74 Å². The lowest BCUT2D eigenvalue weighted by Gasteiger charge is -2.28. The number of fused-ring (bicyclic) bond motifs is 1. The summed E-state index contributed by atoms with van der Waals surface area (Å²) < 4.78 is 5.37. The number of methoxy groups -OCH3 is 1. The summed E-state index contributed by atoms with van der Waals surface area (Å²) in [6, 6.07) is 6.29. The molecule has 0 fully saturated rings. The lowest BCUT2D eigenvalue weighted by Crippen LogP contribution is -2.30. The zero-order valence-electron chi connectivity index (χ0n) is 9.92. The van der Waals surface area contributed by atoms with E-state index in [1.165, 1.54) is 11.3 Å².